The Morgan fingerprint density at radius 2 is 1.81 bits per heavy atom. The molecule has 0 fully saturated rings. The lowest BCUT2D eigenvalue weighted by molar-refractivity contribution is -0.132. The van der Waals surface area contributed by atoms with Crippen LogP contribution < -0.4 is 5.32 Å². The van der Waals surface area contributed by atoms with E-state index in [-0.39, 0.29) is 24.2 Å². The normalized spacial score (nSPS) is 10.5. The molecular formula is C21H25FN2O2. The van der Waals surface area contributed by atoms with Crippen molar-refractivity contribution in [2.75, 3.05) is 18.4 Å². The van der Waals surface area contributed by atoms with Crippen LogP contribution in [0, 0.1) is 12.7 Å². The van der Waals surface area contributed by atoms with Crippen molar-refractivity contribution in [1.82, 2.24) is 4.90 Å². The summed E-state index contributed by atoms with van der Waals surface area (Å²) >= 11 is 0. The van der Waals surface area contributed by atoms with Crippen LogP contribution in [0.5, 0.6) is 0 Å². The van der Waals surface area contributed by atoms with E-state index in [1.165, 1.54) is 24.0 Å². The monoisotopic (exact) mass is 356 g/mol. The van der Waals surface area contributed by atoms with Gasteiger partial charge in [0.2, 0.25) is 11.8 Å². The minimum absolute atomic E-state index is 0.00594. The molecule has 138 valence electrons. The Bertz CT molecular complexity index is 772. The van der Waals surface area contributed by atoms with Crippen molar-refractivity contribution in [1.29, 1.82) is 0 Å². The second-order valence-electron chi connectivity index (χ2n) is 6.33. The number of carbonyl (C=O) groups excluding carboxylic acids is 2. The van der Waals surface area contributed by atoms with Gasteiger partial charge in [0.1, 0.15) is 5.82 Å². The minimum atomic E-state index is -0.290. The van der Waals surface area contributed by atoms with Crippen molar-refractivity contribution in [3.63, 3.8) is 0 Å². The van der Waals surface area contributed by atoms with Crippen LogP contribution in [-0.4, -0.2) is 29.8 Å². The van der Waals surface area contributed by atoms with Gasteiger partial charge in [-0.15, -0.1) is 0 Å². The number of nitrogens with zero attached hydrogens (tertiary/aromatic N) is 1. The Hall–Kier alpha value is -2.69. The molecule has 0 aliphatic heterocycles. The van der Waals surface area contributed by atoms with E-state index in [0.717, 1.165) is 28.8 Å². The van der Waals surface area contributed by atoms with E-state index in [9.17, 15) is 14.0 Å². The number of nitrogens with one attached hydrogen (secondary N) is 1. The van der Waals surface area contributed by atoms with Crippen molar-refractivity contribution >= 4 is 17.5 Å². The molecule has 2 aromatic rings. The molecule has 0 unspecified atom stereocenters. The summed E-state index contributed by atoms with van der Waals surface area (Å²) in [6.07, 6.45) is 1.38. The summed E-state index contributed by atoms with van der Waals surface area (Å²) in [4.78, 5) is 25.8. The standard InChI is InChI=1S/C21H25FN2O2/c1-4-18-7-5-6-15(2)21(18)23-20(26)14-24(16(3)25)13-12-17-8-10-19(22)11-9-17/h5-11H,4,12-14H2,1-3H3,(H,23,26). The van der Waals surface area contributed by atoms with Gasteiger partial charge >= 0.3 is 0 Å². The number of para-hydroxylation sites is 1. The third-order valence-electron chi connectivity index (χ3n) is 4.37. The second kappa shape index (κ2) is 9.13. The average Bonchev–Trinajstić information content (AvgIpc) is 2.61. The van der Waals surface area contributed by atoms with Gasteiger partial charge in [0.05, 0.1) is 6.54 Å². The lowest BCUT2D eigenvalue weighted by Crippen LogP contribution is -2.38. The van der Waals surface area contributed by atoms with E-state index in [0.29, 0.717) is 13.0 Å². The molecule has 0 saturated carbocycles. The van der Waals surface area contributed by atoms with Crippen LogP contribution in [0.25, 0.3) is 0 Å². The quantitative estimate of drug-likeness (QED) is 0.822. The van der Waals surface area contributed by atoms with Gasteiger partial charge < -0.3 is 10.2 Å². The Morgan fingerprint density at radius 3 is 2.42 bits per heavy atom. The molecule has 0 saturated heterocycles. The first kappa shape index (κ1) is 19.6. The molecule has 26 heavy (non-hydrogen) atoms. The number of anilines is 1. The molecule has 0 aliphatic carbocycles. The number of aryl methyl sites for hydroxylation is 2. The number of halogens is 1. The van der Waals surface area contributed by atoms with Crippen LogP contribution in [-0.2, 0) is 22.4 Å². The summed E-state index contributed by atoms with van der Waals surface area (Å²) in [6.45, 7) is 5.83. The number of hydrogen-bond acceptors (Lipinski definition) is 2. The van der Waals surface area contributed by atoms with Crippen LogP contribution in [0.2, 0.25) is 0 Å². The lowest BCUT2D eigenvalue weighted by Gasteiger charge is -2.21. The van der Waals surface area contributed by atoms with E-state index < -0.39 is 0 Å². The van der Waals surface area contributed by atoms with E-state index >= 15 is 0 Å². The van der Waals surface area contributed by atoms with Crippen LogP contribution >= 0.6 is 0 Å². The zero-order valence-corrected chi connectivity index (χ0v) is 15.5. The summed E-state index contributed by atoms with van der Waals surface area (Å²) in [5.74, 6) is -0.674. The number of rotatable bonds is 7. The highest BCUT2D eigenvalue weighted by atomic mass is 19.1. The summed E-state index contributed by atoms with van der Waals surface area (Å²) in [5, 5.41) is 2.94. The first-order valence-corrected chi connectivity index (χ1v) is 8.79. The fraction of sp³-hybridized carbons (Fsp3) is 0.333. The van der Waals surface area contributed by atoms with E-state index in [1.54, 1.807) is 12.1 Å². The highest BCUT2D eigenvalue weighted by Gasteiger charge is 2.15. The molecule has 0 aromatic heterocycles. The molecule has 0 aliphatic rings. The molecule has 1 N–H and O–H groups in total. The fourth-order valence-corrected chi connectivity index (χ4v) is 2.82. The average molecular weight is 356 g/mol. The third kappa shape index (κ3) is 5.41. The van der Waals surface area contributed by atoms with Crippen molar-refractivity contribution in [3.8, 4) is 0 Å². The minimum Gasteiger partial charge on any atom is -0.333 e. The highest BCUT2D eigenvalue weighted by molar-refractivity contribution is 5.95. The molecule has 2 rings (SSSR count). The van der Waals surface area contributed by atoms with Gasteiger partial charge in [-0.2, -0.15) is 0 Å². The summed E-state index contributed by atoms with van der Waals surface area (Å²) < 4.78 is 13.0. The Labute approximate surface area is 154 Å². The van der Waals surface area contributed by atoms with Crippen molar-refractivity contribution < 1.29 is 14.0 Å². The maximum atomic E-state index is 13.0. The van der Waals surface area contributed by atoms with Crippen molar-refractivity contribution in [3.05, 3.63) is 65.0 Å². The fourth-order valence-electron chi connectivity index (χ4n) is 2.82. The summed E-state index contributed by atoms with van der Waals surface area (Å²) in [5.41, 5.74) is 3.81. The maximum absolute atomic E-state index is 13.0. The molecule has 0 spiro atoms. The second-order valence-corrected chi connectivity index (χ2v) is 6.33. The van der Waals surface area contributed by atoms with Crippen LogP contribution in [0.3, 0.4) is 0 Å². The van der Waals surface area contributed by atoms with Gasteiger partial charge in [0.15, 0.2) is 0 Å². The van der Waals surface area contributed by atoms with Crippen molar-refractivity contribution in [2.45, 2.75) is 33.6 Å². The molecule has 0 bridgehead atoms. The van der Waals surface area contributed by atoms with Gasteiger partial charge in [0.25, 0.3) is 0 Å². The van der Waals surface area contributed by atoms with Crippen LogP contribution in [0.4, 0.5) is 10.1 Å². The molecule has 4 nitrogen and oxygen atoms in total. The predicted molar refractivity (Wildman–Crippen MR) is 102 cm³/mol. The van der Waals surface area contributed by atoms with Crippen LogP contribution in [0.1, 0.15) is 30.5 Å². The molecule has 5 heteroatoms. The highest BCUT2D eigenvalue weighted by Crippen LogP contribution is 2.21. The zero-order valence-electron chi connectivity index (χ0n) is 15.5. The topological polar surface area (TPSA) is 49.4 Å². The van der Waals surface area contributed by atoms with E-state index in [2.05, 4.69) is 5.32 Å². The summed E-state index contributed by atoms with van der Waals surface area (Å²) in [7, 11) is 0. The first-order chi connectivity index (χ1) is 12.4. The smallest absolute Gasteiger partial charge is 0.244 e. The number of hydrogen-bond donors (Lipinski definition) is 1. The zero-order chi connectivity index (χ0) is 19.1. The molecule has 2 aromatic carbocycles. The Kier molecular flexibility index (Phi) is 6.89. The maximum Gasteiger partial charge on any atom is 0.244 e. The number of carbonyl (C=O) groups is 2. The molecule has 0 radical (unpaired) electrons. The van der Waals surface area contributed by atoms with Crippen molar-refractivity contribution in [2.24, 2.45) is 0 Å². The third-order valence-corrected chi connectivity index (χ3v) is 4.37. The van der Waals surface area contributed by atoms with E-state index in [1.807, 2.05) is 32.0 Å². The molecular weight excluding hydrogens is 331 g/mol. The van der Waals surface area contributed by atoms with E-state index in [4.69, 9.17) is 0 Å². The van der Waals surface area contributed by atoms with Gasteiger partial charge in [-0.1, -0.05) is 37.3 Å². The molecule has 0 atom stereocenters. The van der Waals surface area contributed by atoms with Gasteiger partial charge in [-0.25, -0.2) is 4.39 Å². The largest absolute Gasteiger partial charge is 0.333 e. The predicted octanol–water partition coefficient (Wildman–Crippen LogP) is 3.73. The number of amides is 2. The molecule has 0 heterocycles. The molecule has 2 amide bonds. The van der Waals surface area contributed by atoms with Gasteiger partial charge in [-0.05, 0) is 48.6 Å². The van der Waals surface area contributed by atoms with Gasteiger partial charge in [-0.3, -0.25) is 9.59 Å². The van der Waals surface area contributed by atoms with Gasteiger partial charge in [0, 0.05) is 19.2 Å². The Morgan fingerprint density at radius 1 is 1.12 bits per heavy atom. The van der Waals surface area contributed by atoms with Crippen LogP contribution in [0.15, 0.2) is 42.5 Å². The Balaban J connectivity index is 2.00. The number of benzene rings is 2. The SMILES string of the molecule is CCc1cccc(C)c1NC(=O)CN(CCc1ccc(F)cc1)C(C)=O. The summed E-state index contributed by atoms with van der Waals surface area (Å²) in [6, 6.07) is 12.1. The lowest BCUT2D eigenvalue weighted by atomic mass is 10.1. The first-order valence-electron chi connectivity index (χ1n) is 8.79.